The summed E-state index contributed by atoms with van der Waals surface area (Å²) in [5.74, 6) is -1.50. The average molecular weight is 1130 g/mol. The van der Waals surface area contributed by atoms with Crippen LogP contribution >= 0.6 is 34.7 Å². The van der Waals surface area contributed by atoms with Gasteiger partial charge in [0.05, 0.1) is 21.6 Å². The van der Waals surface area contributed by atoms with E-state index in [2.05, 4.69) is 5.10 Å². The summed E-state index contributed by atoms with van der Waals surface area (Å²) in [6.07, 6.45) is 3.67. The van der Waals surface area contributed by atoms with Gasteiger partial charge in [0, 0.05) is 55.5 Å². The number of esters is 1. The molecule has 2 saturated heterocycles. The Balaban J connectivity index is 0.867. The second kappa shape index (κ2) is 24.5. The van der Waals surface area contributed by atoms with Gasteiger partial charge in [-0.05, 0) is 156 Å². The third-order valence-corrected chi connectivity index (χ3v) is 16.4. The first-order valence-electron chi connectivity index (χ1n) is 26.0. The van der Waals surface area contributed by atoms with Crippen LogP contribution < -0.4 is 18.9 Å². The summed E-state index contributed by atoms with van der Waals surface area (Å²) in [4.78, 5) is 84.8. The number of thiophene rings is 1. The standard InChI is InChI=1S/C60H65ClN4O12S2/c1-35-23-39(15-16-42-29-64(57(71)74-44-13-11-10-12-14-44)32-47(42)52(67)49-21-22-50(61)79-49)24-36(2)54(35)77-60(7,8)56(70)73-34-78-46-19-17-41(18-20-46)51(66)48-33-65(58(72)75-45-28-62-63(9)31-45)30-43(48)27-40-25-37(3)53(38(4)26-40)76-59(5,6)55(68)69/h10-14,17-26,28,31,42-43,47-48H,15-16,27,29-30,32-34H2,1-9H3,(H,68,69)/t42-,43-,47-,48-/m1/s1. The summed E-state index contributed by atoms with van der Waals surface area (Å²) in [6, 6.07) is 27.3. The van der Waals surface area contributed by atoms with Crippen LogP contribution in [0.3, 0.4) is 0 Å². The molecule has 16 nitrogen and oxygen atoms in total. The number of benzene rings is 4. The van der Waals surface area contributed by atoms with Crippen molar-refractivity contribution in [2.75, 3.05) is 32.1 Å². The van der Waals surface area contributed by atoms with Crippen LogP contribution in [0.4, 0.5) is 9.59 Å². The number of ether oxygens (including phenoxy) is 5. The number of carbonyl (C=O) groups is 6. The second-order valence-corrected chi connectivity index (χ2v) is 24.1. The van der Waals surface area contributed by atoms with Crippen LogP contribution in [0.15, 0.2) is 108 Å². The van der Waals surface area contributed by atoms with E-state index in [0.29, 0.717) is 57.8 Å². The molecule has 2 fully saturated rings. The molecule has 79 heavy (non-hydrogen) atoms. The van der Waals surface area contributed by atoms with Crippen molar-refractivity contribution in [2.24, 2.45) is 30.7 Å². The monoisotopic (exact) mass is 1130 g/mol. The van der Waals surface area contributed by atoms with E-state index in [1.807, 2.05) is 58.0 Å². The van der Waals surface area contributed by atoms with Crippen LogP contribution in [-0.2, 0) is 34.2 Å². The van der Waals surface area contributed by atoms with Crippen LogP contribution in [0.2, 0.25) is 4.34 Å². The lowest BCUT2D eigenvalue weighted by Gasteiger charge is -2.27. The summed E-state index contributed by atoms with van der Waals surface area (Å²) < 4.78 is 31.4. The van der Waals surface area contributed by atoms with Gasteiger partial charge < -0.3 is 38.6 Å². The highest BCUT2D eigenvalue weighted by atomic mass is 35.5. The maximum absolute atomic E-state index is 14.4. The fraction of sp³-hybridized carbons (Fsp3) is 0.383. The predicted octanol–water partition coefficient (Wildman–Crippen LogP) is 11.8. The zero-order chi connectivity index (χ0) is 56.9. The molecule has 2 aromatic heterocycles. The van der Waals surface area contributed by atoms with Gasteiger partial charge in [-0.2, -0.15) is 5.10 Å². The molecule has 19 heteroatoms. The number of aromatic nitrogens is 2. The molecule has 0 saturated carbocycles. The smallest absolute Gasteiger partial charge is 0.415 e. The number of halogens is 1. The minimum atomic E-state index is -1.44. The van der Waals surface area contributed by atoms with E-state index in [1.54, 1.807) is 97.6 Å². The molecule has 2 aliphatic heterocycles. The highest BCUT2D eigenvalue weighted by Crippen LogP contribution is 2.38. The number of Topliss-reactive ketones (excluding diaryl/α,β-unsaturated/α-hetero) is 2. The number of carboxylic acids is 1. The molecule has 0 radical (unpaired) electrons. The number of thioether (sulfide) groups is 1. The minimum Gasteiger partial charge on any atom is -0.478 e. The summed E-state index contributed by atoms with van der Waals surface area (Å²) in [7, 11) is 1.72. The highest BCUT2D eigenvalue weighted by molar-refractivity contribution is 7.99. The molecule has 416 valence electrons. The number of carbonyl (C=O) groups excluding carboxylic acids is 5. The lowest BCUT2D eigenvalue weighted by atomic mass is 9.84. The zero-order valence-corrected chi connectivity index (χ0v) is 48.1. The van der Waals surface area contributed by atoms with Gasteiger partial charge in [0.1, 0.15) is 23.2 Å². The largest absolute Gasteiger partial charge is 0.478 e. The maximum Gasteiger partial charge on any atom is 0.415 e. The Morgan fingerprint density at radius 2 is 1.25 bits per heavy atom. The summed E-state index contributed by atoms with van der Waals surface area (Å²) in [6.45, 7) is 14.9. The molecule has 6 aromatic rings. The third-order valence-electron chi connectivity index (χ3n) is 14.3. The normalized spacial score (nSPS) is 17.3. The van der Waals surface area contributed by atoms with Crippen LogP contribution in [-0.4, -0.2) is 104 Å². The van der Waals surface area contributed by atoms with Crippen molar-refractivity contribution in [1.29, 1.82) is 0 Å². The minimum absolute atomic E-state index is 0.0173. The van der Waals surface area contributed by atoms with E-state index >= 15 is 0 Å². The molecule has 4 aromatic carbocycles. The first-order chi connectivity index (χ1) is 37.4. The van der Waals surface area contributed by atoms with Crippen LogP contribution in [0, 0.1) is 51.4 Å². The Bertz CT molecular complexity index is 3200. The van der Waals surface area contributed by atoms with Gasteiger partial charge in [-0.25, -0.2) is 19.2 Å². The van der Waals surface area contributed by atoms with Crippen molar-refractivity contribution in [3.8, 4) is 23.0 Å². The van der Waals surface area contributed by atoms with Crippen LogP contribution in [0.25, 0.3) is 0 Å². The number of amides is 2. The molecular weight excluding hydrogens is 1070 g/mol. The summed E-state index contributed by atoms with van der Waals surface area (Å²) in [5, 5.41) is 13.8. The van der Waals surface area contributed by atoms with Crippen molar-refractivity contribution in [1.82, 2.24) is 19.6 Å². The molecule has 0 aliphatic carbocycles. The zero-order valence-electron chi connectivity index (χ0n) is 45.7. The Kier molecular flexibility index (Phi) is 18.0. The Morgan fingerprint density at radius 1 is 0.696 bits per heavy atom. The van der Waals surface area contributed by atoms with Gasteiger partial charge >= 0.3 is 24.1 Å². The molecule has 8 rings (SSSR count). The molecular formula is C60H65ClN4O12S2. The lowest BCUT2D eigenvalue weighted by Crippen LogP contribution is -2.40. The third kappa shape index (κ3) is 14.2. The van der Waals surface area contributed by atoms with E-state index in [-0.39, 0.29) is 54.7 Å². The summed E-state index contributed by atoms with van der Waals surface area (Å²) >= 11 is 8.73. The van der Waals surface area contributed by atoms with E-state index in [0.717, 1.165) is 38.3 Å². The van der Waals surface area contributed by atoms with E-state index in [9.17, 15) is 33.9 Å². The lowest BCUT2D eigenvalue weighted by molar-refractivity contribution is -0.157. The van der Waals surface area contributed by atoms with Crippen molar-refractivity contribution in [3.05, 3.63) is 152 Å². The first kappa shape index (κ1) is 58.0. The Hall–Kier alpha value is -7.15. The predicted molar refractivity (Wildman–Crippen MR) is 301 cm³/mol. The van der Waals surface area contributed by atoms with Gasteiger partial charge in [0.2, 0.25) is 0 Å². The van der Waals surface area contributed by atoms with E-state index < -0.39 is 47.2 Å². The van der Waals surface area contributed by atoms with Gasteiger partial charge in [-0.15, -0.1) is 11.3 Å². The summed E-state index contributed by atoms with van der Waals surface area (Å²) in [5.41, 5.74) is 2.77. The SMILES string of the molecule is Cc1cc(C[C@@H]2CN(C(=O)Oc3cnn(C)c3)C[C@H]2C(=O)c2ccc(SCOC(=O)C(C)(C)Oc3c(C)cc(CC[C@@H]4CN(C(=O)Oc5ccccc5)C[C@H]4C(=O)c4ccc(Cl)s4)cc3C)cc2)cc(C)c1OC(C)(C)C(=O)O. The number of likely N-dealkylation sites (tertiary alicyclic amines) is 2. The van der Waals surface area contributed by atoms with Crippen molar-refractivity contribution < 1.29 is 57.6 Å². The quantitative estimate of drug-likeness (QED) is 0.0328. The van der Waals surface area contributed by atoms with E-state index in [4.69, 9.17) is 35.3 Å². The molecule has 0 unspecified atom stereocenters. The Labute approximate surface area is 473 Å². The molecule has 0 bridgehead atoms. The topological polar surface area (TPSA) is 193 Å². The number of rotatable bonds is 20. The fourth-order valence-corrected chi connectivity index (χ4v) is 11.9. The number of para-hydroxylation sites is 1. The van der Waals surface area contributed by atoms with Gasteiger partial charge in [0.15, 0.2) is 28.5 Å². The molecule has 2 amide bonds. The number of ketones is 2. The number of nitrogens with zero attached hydrogens (tertiary/aromatic N) is 4. The first-order valence-corrected chi connectivity index (χ1v) is 28.2. The molecule has 4 heterocycles. The van der Waals surface area contributed by atoms with Gasteiger partial charge in [-0.3, -0.25) is 14.3 Å². The number of aliphatic carboxylic acids is 1. The molecule has 1 N–H and O–H groups in total. The number of aryl methyl sites for hydroxylation is 6. The van der Waals surface area contributed by atoms with Gasteiger partial charge in [0.25, 0.3) is 0 Å². The van der Waals surface area contributed by atoms with E-state index in [1.165, 1.54) is 47.8 Å². The van der Waals surface area contributed by atoms with Crippen LogP contribution in [0.1, 0.15) is 87.5 Å². The number of hydrogen-bond donors (Lipinski definition) is 1. The fourth-order valence-electron chi connectivity index (χ4n) is 10.2. The van der Waals surface area contributed by atoms with Crippen molar-refractivity contribution >= 4 is 70.4 Å². The Morgan fingerprint density at radius 3 is 1.81 bits per heavy atom. The van der Waals surface area contributed by atoms with Crippen LogP contribution in [0.5, 0.6) is 23.0 Å². The molecule has 4 atom stereocenters. The average Bonchev–Trinajstić information content (AvgIpc) is 4.35. The number of carboxylic acid groups (broad SMARTS) is 1. The molecule has 0 spiro atoms. The molecule has 2 aliphatic rings. The second-order valence-electron chi connectivity index (χ2n) is 21.4. The highest BCUT2D eigenvalue weighted by Gasteiger charge is 2.43. The van der Waals surface area contributed by atoms with Crippen molar-refractivity contribution in [3.63, 3.8) is 0 Å². The number of hydrogen-bond acceptors (Lipinski definition) is 14. The maximum atomic E-state index is 14.4. The van der Waals surface area contributed by atoms with Crippen molar-refractivity contribution in [2.45, 2.75) is 90.7 Å². The van der Waals surface area contributed by atoms with Gasteiger partial charge in [-0.1, -0.05) is 78.0 Å².